The van der Waals surface area contributed by atoms with Crippen molar-refractivity contribution < 1.29 is 18.9 Å². The molecular weight excluding hydrogens is 769 g/mol. The van der Waals surface area contributed by atoms with Gasteiger partial charge in [-0.2, -0.15) is 0 Å². The average Bonchev–Trinajstić information content (AvgIpc) is 3.91. The van der Waals surface area contributed by atoms with Gasteiger partial charge in [0.1, 0.15) is 23.0 Å². The van der Waals surface area contributed by atoms with Crippen LogP contribution in [-0.2, 0) is 0 Å². The van der Waals surface area contributed by atoms with Gasteiger partial charge in [-0.1, -0.05) is 144 Å². The topological polar surface area (TPSA) is 36.9 Å². The Morgan fingerprint density at radius 1 is 0.286 bits per heavy atom. The largest absolute Gasteiger partial charge is 0.497 e. The van der Waals surface area contributed by atoms with Gasteiger partial charge in [0.25, 0.3) is 0 Å². The first-order valence-corrected chi connectivity index (χ1v) is 21.3. The number of hydrogen-bond acceptors (Lipinski definition) is 8. The Morgan fingerprint density at radius 3 is 0.696 bits per heavy atom. The lowest BCUT2D eigenvalue weighted by molar-refractivity contribution is 0.414. The monoisotopic (exact) mass is 804 g/mol. The molecule has 0 amide bonds. The molecule has 7 aromatic rings. The van der Waals surface area contributed by atoms with Crippen LogP contribution in [0.5, 0.6) is 23.0 Å². The molecule has 0 atom stereocenters. The highest BCUT2D eigenvalue weighted by Crippen LogP contribution is 2.60. The van der Waals surface area contributed by atoms with Gasteiger partial charge in [0.2, 0.25) is 0 Å². The minimum Gasteiger partial charge on any atom is -0.497 e. The summed E-state index contributed by atoms with van der Waals surface area (Å²) in [6.07, 6.45) is 0. The maximum Gasteiger partial charge on any atom is 0.118 e. The molecule has 0 bridgehead atoms. The summed E-state index contributed by atoms with van der Waals surface area (Å²) in [4.78, 5) is 4.90. The SMILES string of the molecule is COc1ccc(C2=C(c3ccc(OC)cc3)SC(=c3c4ccccc4c(=C4SC(c5ccc(OC)cc5)=C(c5ccc(OC)cc5)S4)c4ccccc34)S2)cc1. The van der Waals surface area contributed by atoms with E-state index in [0.29, 0.717) is 0 Å². The van der Waals surface area contributed by atoms with Crippen LogP contribution in [-0.4, -0.2) is 28.4 Å². The molecule has 2 aliphatic heterocycles. The number of rotatable bonds is 8. The van der Waals surface area contributed by atoms with E-state index in [1.807, 2.05) is 95.6 Å². The second-order valence-corrected chi connectivity index (χ2v) is 17.7. The fourth-order valence-corrected chi connectivity index (χ4v) is 12.8. The zero-order chi connectivity index (χ0) is 38.2. The highest BCUT2D eigenvalue weighted by molar-refractivity contribution is 8.41. The van der Waals surface area contributed by atoms with E-state index in [1.165, 1.54) is 60.1 Å². The van der Waals surface area contributed by atoms with Crippen molar-refractivity contribution in [3.8, 4) is 23.0 Å². The first kappa shape index (κ1) is 36.5. The number of methoxy groups -OCH3 is 4. The molecule has 0 N–H and O–H groups in total. The first-order chi connectivity index (χ1) is 27.6. The Balaban J connectivity index is 1.26. The number of thioether (sulfide) groups is 4. The van der Waals surface area contributed by atoms with E-state index in [4.69, 9.17) is 18.9 Å². The summed E-state index contributed by atoms with van der Waals surface area (Å²) in [6, 6.07) is 51.4. The van der Waals surface area contributed by atoms with Crippen molar-refractivity contribution in [3.05, 3.63) is 178 Å². The molecular formula is C48H36O4S4. The lowest BCUT2D eigenvalue weighted by Gasteiger charge is -2.12. The van der Waals surface area contributed by atoms with Crippen LogP contribution < -0.4 is 29.4 Å². The van der Waals surface area contributed by atoms with Crippen molar-refractivity contribution in [2.45, 2.75) is 0 Å². The molecule has 0 unspecified atom stereocenters. The van der Waals surface area contributed by atoms with Gasteiger partial charge < -0.3 is 18.9 Å². The smallest absolute Gasteiger partial charge is 0.118 e. The van der Waals surface area contributed by atoms with Gasteiger partial charge in [-0.05, 0) is 92.3 Å². The first-order valence-electron chi connectivity index (χ1n) is 18.0. The maximum absolute atomic E-state index is 5.53. The highest BCUT2D eigenvalue weighted by Gasteiger charge is 2.28. The van der Waals surface area contributed by atoms with Gasteiger partial charge in [0.15, 0.2) is 0 Å². The van der Waals surface area contributed by atoms with E-state index in [9.17, 15) is 0 Å². The van der Waals surface area contributed by atoms with Gasteiger partial charge in [-0.3, -0.25) is 0 Å². The molecule has 0 aliphatic carbocycles. The minimum absolute atomic E-state index is 0.840. The number of ether oxygens (including phenoxy) is 4. The van der Waals surface area contributed by atoms with Gasteiger partial charge in [-0.25, -0.2) is 0 Å². The van der Waals surface area contributed by atoms with Crippen molar-refractivity contribution in [1.82, 2.24) is 0 Å². The molecule has 9 rings (SSSR count). The quantitative estimate of drug-likeness (QED) is 0.141. The van der Waals surface area contributed by atoms with E-state index in [-0.39, 0.29) is 0 Å². The minimum atomic E-state index is 0.840. The zero-order valence-corrected chi connectivity index (χ0v) is 34.4. The molecule has 4 nitrogen and oxygen atoms in total. The molecule has 2 heterocycles. The summed E-state index contributed by atoms with van der Waals surface area (Å²) < 4.78 is 24.6. The third-order valence-corrected chi connectivity index (χ3v) is 15.3. The Hall–Kier alpha value is -5.12. The number of hydrogen-bond donors (Lipinski definition) is 0. The Morgan fingerprint density at radius 2 is 0.500 bits per heavy atom. The van der Waals surface area contributed by atoms with Crippen molar-refractivity contribution in [3.63, 3.8) is 0 Å². The summed E-state index contributed by atoms with van der Waals surface area (Å²) in [6.45, 7) is 0. The van der Waals surface area contributed by atoms with Gasteiger partial charge in [0.05, 0.1) is 36.9 Å². The lowest BCUT2D eigenvalue weighted by atomic mass is 9.99. The Kier molecular flexibility index (Phi) is 10.3. The number of fused-ring (bicyclic) bond motifs is 2. The fourth-order valence-electron chi connectivity index (χ4n) is 7.10. The fraction of sp³-hybridized carbons (Fsp3) is 0.0833. The molecule has 276 valence electrons. The third-order valence-electron chi connectivity index (χ3n) is 9.94. The van der Waals surface area contributed by atoms with E-state index in [1.54, 1.807) is 28.4 Å². The molecule has 7 aromatic carbocycles. The van der Waals surface area contributed by atoms with Crippen molar-refractivity contribution in [2.24, 2.45) is 0 Å². The number of benzene rings is 7. The van der Waals surface area contributed by atoms with Crippen LogP contribution in [0.15, 0.2) is 146 Å². The van der Waals surface area contributed by atoms with E-state index in [2.05, 4.69) is 97.1 Å². The molecule has 56 heavy (non-hydrogen) atoms. The van der Waals surface area contributed by atoms with Gasteiger partial charge in [-0.15, -0.1) is 0 Å². The van der Waals surface area contributed by atoms with Crippen LogP contribution in [0.4, 0.5) is 0 Å². The summed E-state index contributed by atoms with van der Waals surface area (Å²) in [5.41, 5.74) is 4.64. The van der Waals surface area contributed by atoms with Crippen LogP contribution in [0.3, 0.4) is 0 Å². The van der Waals surface area contributed by atoms with Crippen molar-refractivity contribution >= 4 is 96.7 Å². The van der Waals surface area contributed by atoms with Crippen molar-refractivity contribution in [2.75, 3.05) is 28.4 Å². The maximum atomic E-state index is 5.53. The molecule has 0 aromatic heterocycles. The summed E-state index contributed by atoms with van der Waals surface area (Å²) >= 11 is 7.41. The van der Waals surface area contributed by atoms with Crippen LogP contribution in [0, 0.1) is 0 Å². The molecule has 0 spiro atoms. The second-order valence-electron chi connectivity index (χ2n) is 13.1. The van der Waals surface area contributed by atoms with Crippen LogP contribution in [0.2, 0.25) is 0 Å². The Bertz CT molecular complexity index is 2430. The summed E-state index contributed by atoms with van der Waals surface area (Å²) in [5, 5.41) is 7.46. The predicted octanol–water partition coefficient (Wildman–Crippen LogP) is 12.2. The standard InChI is InChI=1S/C48H36O4S4/c1-49-33-21-13-29(14-22-33)43-44(30-15-23-34(50-2)24-16-30)54-47(53-43)41-37-9-5-7-11-39(37)42(40-12-8-6-10-38(40)41)48-55-45(31-17-25-35(51-3)26-18-31)46(56-48)32-19-27-36(52-4)28-20-32/h5-28H,1-4H3. The predicted molar refractivity (Wildman–Crippen MR) is 243 cm³/mol. The second kappa shape index (κ2) is 15.8. The zero-order valence-electron chi connectivity index (χ0n) is 31.1. The summed E-state index contributed by atoms with van der Waals surface area (Å²) in [5.74, 6) is 3.36. The molecule has 0 fully saturated rings. The van der Waals surface area contributed by atoms with Crippen molar-refractivity contribution in [1.29, 1.82) is 0 Å². The normalized spacial score (nSPS) is 14.3. The molecule has 0 radical (unpaired) electrons. The summed E-state index contributed by atoms with van der Waals surface area (Å²) in [7, 11) is 6.83. The Labute approximate surface area is 343 Å². The molecule has 8 heteroatoms. The van der Waals surface area contributed by atoms with Gasteiger partial charge >= 0.3 is 0 Å². The van der Waals surface area contributed by atoms with Gasteiger partial charge in [0, 0.05) is 30.1 Å². The van der Waals surface area contributed by atoms with E-state index in [0.717, 1.165) is 45.3 Å². The molecule has 0 saturated heterocycles. The average molecular weight is 805 g/mol. The van der Waals surface area contributed by atoms with Crippen LogP contribution in [0.25, 0.3) is 49.6 Å². The third kappa shape index (κ3) is 6.75. The van der Waals surface area contributed by atoms with Crippen LogP contribution in [0.1, 0.15) is 22.3 Å². The van der Waals surface area contributed by atoms with Crippen LogP contribution >= 0.6 is 47.0 Å². The van der Waals surface area contributed by atoms with E-state index < -0.39 is 0 Å². The van der Waals surface area contributed by atoms with E-state index >= 15 is 0 Å². The molecule has 2 aliphatic rings. The highest BCUT2D eigenvalue weighted by atomic mass is 32.2. The lowest BCUT2D eigenvalue weighted by Crippen LogP contribution is -2.16. The molecule has 0 saturated carbocycles.